The number of carbonyl (C=O) groups is 1. The van der Waals surface area contributed by atoms with E-state index in [1.165, 1.54) is 7.11 Å². The van der Waals surface area contributed by atoms with Crippen LogP contribution < -0.4 is 0 Å². The molecule has 0 heterocycles. The van der Waals surface area contributed by atoms with Crippen LogP contribution in [0.1, 0.15) is 20.3 Å². The molecule has 0 aliphatic carbocycles. The summed E-state index contributed by atoms with van der Waals surface area (Å²) in [4.78, 5) is 10.2. The van der Waals surface area contributed by atoms with E-state index < -0.39 is 5.60 Å². The minimum atomic E-state index is -0.556. The van der Waals surface area contributed by atoms with Gasteiger partial charge < -0.3 is 9.53 Å². The van der Waals surface area contributed by atoms with Crippen LogP contribution in [0.25, 0.3) is 0 Å². The molecule has 0 aliphatic heterocycles. The van der Waals surface area contributed by atoms with Crippen molar-refractivity contribution in [3.8, 4) is 0 Å². The summed E-state index contributed by atoms with van der Waals surface area (Å²) in [5, 5.41) is 0. The van der Waals surface area contributed by atoms with Crippen LogP contribution in [0.15, 0.2) is 0 Å². The molecule has 0 saturated carbocycles. The predicted molar refractivity (Wildman–Crippen MR) is 31.8 cm³/mol. The minimum absolute atomic E-state index is 0.556. The summed E-state index contributed by atoms with van der Waals surface area (Å²) >= 11 is 0. The maximum absolute atomic E-state index is 10.2. The highest BCUT2D eigenvalue weighted by Gasteiger charge is 2.18. The van der Waals surface area contributed by atoms with Crippen molar-refractivity contribution in [1.29, 1.82) is 0 Å². The van der Waals surface area contributed by atoms with E-state index in [4.69, 9.17) is 4.74 Å². The molecule has 0 radical (unpaired) electrons. The molecule has 0 rings (SSSR count). The second-order valence-corrected chi connectivity index (χ2v) is 1.99. The molecule has 0 aromatic heterocycles. The molecule has 1 atom stereocenters. The molecule has 0 bridgehead atoms. The third-order valence-electron chi connectivity index (χ3n) is 1.42. The van der Waals surface area contributed by atoms with E-state index in [9.17, 15) is 4.79 Å². The molecule has 0 saturated heterocycles. The fourth-order valence-corrected chi connectivity index (χ4v) is 0.276. The quantitative estimate of drug-likeness (QED) is 0.514. The van der Waals surface area contributed by atoms with Crippen LogP contribution in [0.4, 0.5) is 0 Å². The molecule has 2 nitrogen and oxygen atoms in total. The highest BCUT2D eigenvalue weighted by atomic mass is 16.5. The highest BCUT2D eigenvalue weighted by molar-refractivity contribution is 5.61. The van der Waals surface area contributed by atoms with E-state index in [0.717, 1.165) is 12.7 Å². The lowest BCUT2D eigenvalue weighted by atomic mass is 10.1. The van der Waals surface area contributed by atoms with Crippen molar-refractivity contribution in [3.63, 3.8) is 0 Å². The van der Waals surface area contributed by atoms with Crippen LogP contribution in [0.5, 0.6) is 0 Å². The second kappa shape index (κ2) is 2.82. The second-order valence-electron chi connectivity index (χ2n) is 1.99. The summed E-state index contributed by atoms with van der Waals surface area (Å²) in [7, 11) is 1.54. The van der Waals surface area contributed by atoms with Gasteiger partial charge in [-0.05, 0) is 13.3 Å². The first kappa shape index (κ1) is 7.63. The van der Waals surface area contributed by atoms with E-state index >= 15 is 0 Å². The third kappa shape index (κ3) is 1.62. The van der Waals surface area contributed by atoms with Gasteiger partial charge in [0, 0.05) is 7.11 Å². The first-order chi connectivity index (χ1) is 3.68. The van der Waals surface area contributed by atoms with Gasteiger partial charge in [0.1, 0.15) is 5.60 Å². The zero-order valence-electron chi connectivity index (χ0n) is 5.60. The van der Waals surface area contributed by atoms with Gasteiger partial charge in [0.15, 0.2) is 6.29 Å². The van der Waals surface area contributed by atoms with Gasteiger partial charge in [0.2, 0.25) is 0 Å². The van der Waals surface area contributed by atoms with Gasteiger partial charge in [-0.15, -0.1) is 0 Å². The zero-order chi connectivity index (χ0) is 6.62. The van der Waals surface area contributed by atoms with Crippen LogP contribution in [-0.2, 0) is 9.53 Å². The molecular weight excluding hydrogens is 104 g/mol. The van der Waals surface area contributed by atoms with Gasteiger partial charge in [-0.25, -0.2) is 0 Å². The van der Waals surface area contributed by atoms with Crippen molar-refractivity contribution in [1.82, 2.24) is 0 Å². The maximum Gasteiger partial charge on any atom is 0.151 e. The Kier molecular flexibility index (Phi) is 2.69. The Balaban J connectivity index is 3.76. The van der Waals surface area contributed by atoms with Gasteiger partial charge >= 0.3 is 0 Å². The standard InChI is InChI=1S/C6H12O2/c1-4-6(2,5-7)8-3/h5H,4H2,1-3H3/t6-/m0/s1. The maximum atomic E-state index is 10.2. The van der Waals surface area contributed by atoms with Crippen LogP contribution in [-0.4, -0.2) is 19.0 Å². The van der Waals surface area contributed by atoms with Crippen molar-refractivity contribution < 1.29 is 9.53 Å². The molecule has 2 heteroatoms. The van der Waals surface area contributed by atoms with E-state index in [0.29, 0.717) is 0 Å². The Morgan fingerprint density at radius 3 is 2.25 bits per heavy atom. The van der Waals surface area contributed by atoms with E-state index in [1.807, 2.05) is 6.92 Å². The SMILES string of the molecule is CC[C@@](C)(C=O)OC. The molecule has 0 aromatic rings. The Labute approximate surface area is 49.8 Å². The molecule has 8 heavy (non-hydrogen) atoms. The lowest BCUT2D eigenvalue weighted by Gasteiger charge is -2.17. The fourth-order valence-electron chi connectivity index (χ4n) is 0.276. The summed E-state index contributed by atoms with van der Waals surface area (Å²) in [5.41, 5.74) is -0.556. The average Bonchev–Trinajstić information content (AvgIpc) is 1.87. The summed E-state index contributed by atoms with van der Waals surface area (Å²) in [6.07, 6.45) is 1.56. The van der Waals surface area contributed by atoms with Crippen molar-refractivity contribution in [3.05, 3.63) is 0 Å². The van der Waals surface area contributed by atoms with Crippen molar-refractivity contribution in [2.75, 3.05) is 7.11 Å². The topological polar surface area (TPSA) is 26.3 Å². The molecule has 0 N–H and O–H groups in total. The first-order valence-electron chi connectivity index (χ1n) is 2.70. The number of rotatable bonds is 3. The number of carbonyl (C=O) groups excluding carboxylic acids is 1. The Bertz CT molecular complexity index is 74.6. The van der Waals surface area contributed by atoms with Gasteiger partial charge in [0.25, 0.3) is 0 Å². The normalized spacial score (nSPS) is 17.4. The minimum Gasteiger partial charge on any atom is -0.371 e. The molecular formula is C6H12O2. The average molecular weight is 116 g/mol. The summed E-state index contributed by atoms with van der Waals surface area (Å²) < 4.78 is 4.87. The van der Waals surface area contributed by atoms with Gasteiger partial charge in [-0.2, -0.15) is 0 Å². The van der Waals surface area contributed by atoms with Crippen molar-refractivity contribution >= 4 is 6.29 Å². The molecule has 0 aliphatic rings. The lowest BCUT2D eigenvalue weighted by Crippen LogP contribution is -2.27. The van der Waals surface area contributed by atoms with Crippen LogP contribution in [0, 0.1) is 0 Å². The summed E-state index contributed by atoms with van der Waals surface area (Å²) in [6, 6.07) is 0. The van der Waals surface area contributed by atoms with Crippen LogP contribution in [0.2, 0.25) is 0 Å². The van der Waals surface area contributed by atoms with E-state index in [2.05, 4.69) is 0 Å². The molecule has 0 fully saturated rings. The smallest absolute Gasteiger partial charge is 0.151 e. The molecule has 48 valence electrons. The predicted octanol–water partition coefficient (Wildman–Crippen LogP) is 1.00. The summed E-state index contributed by atoms with van der Waals surface area (Å²) in [6.45, 7) is 3.68. The molecule has 0 spiro atoms. The van der Waals surface area contributed by atoms with Crippen LogP contribution in [0.3, 0.4) is 0 Å². The Morgan fingerprint density at radius 2 is 2.25 bits per heavy atom. The monoisotopic (exact) mass is 116 g/mol. The number of hydrogen-bond donors (Lipinski definition) is 0. The summed E-state index contributed by atoms with van der Waals surface area (Å²) in [5.74, 6) is 0. The molecule has 0 unspecified atom stereocenters. The highest BCUT2D eigenvalue weighted by Crippen LogP contribution is 2.08. The first-order valence-corrected chi connectivity index (χ1v) is 2.70. The molecule has 0 amide bonds. The van der Waals surface area contributed by atoms with Gasteiger partial charge in [-0.1, -0.05) is 6.92 Å². The Hall–Kier alpha value is -0.370. The van der Waals surface area contributed by atoms with Gasteiger partial charge in [-0.3, -0.25) is 0 Å². The van der Waals surface area contributed by atoms with Gasteiger partial charge in [0.05, 0.1) is 0 Å². The van der Waals surface area contributed by atoms with Crippen LogP contribution >= 0.6 is 0 Å². The number of methoxy groups -OCH3 is 1. The van der Waals surface area contributed by atoms with E-state index in [-0.39, 0.29) is 0 Å². The fraction of sp³-hybridized carbons (Fsp3) is 0.833. The number of ether oxygens (including phenoxy) is 1. The van der Waals surface area contributed by atoms with E-state index in [1.54, 1.807) is 6.92 Å². The largest absolute Gasteiger partial charge is 0.371 e. The van der Waals surface area contributed by atoms with Crippen molar-refractivity contribution in [2.45, 2.75) is 25.9 Å². The lowest BCUT2D eigenvalue weighted by molar-refractivity contribution is -0.125. The Morgan fingerprint density at radius 1 is 1.75 bits per heavy atom. The van der Waals surface area contributed by atoms with Crippen molar-refractivity contribution in [2.24, 2.45) is 0 Å². The number of aldehydes is 1. The zero-order valence-corrected chi connectivity index (χ0v) is 5.60. The molecule has 0 aromatic carbocycles. The number of hydrogen-bond acceptors (Lipinski definition) is 2. The third-order valence-corrected chi connectivity index (χ3v) is 1.42.